The van der Waals surface area contributed by atoms with Crippen LogP contribution in [0, 0.1) is 12.7 Å². The highest BCUT2D eigenvalue weighted by atomic mass is 19.1. The van der Waals surface area contributed by atoms with E-state index in [1.165, 1.54) is 6.07 Å². The van der Waals surface area contributed by atoms with Crippen molar-refractivity contribution >= 4 is 22.5 Å². The quantitative estimate of drug-likeness (QED) is 0.411. The minimum atomic E-state index is -0.282. The molecule has 7 nitrogen and oxygen atoms in total. The third-order valence-corrected chi connectivity index (χ3v) is 7.06. The maximum absolute atomic E-state index is 14.2. The summed E-state index contributed by atoms with van der Waals surface area (Å²) in [6.45, 7) is 3.86. The molecule has 1 fully saturated rings. The van der Waals surface area contributed by atoms with Gasteiger partial charge in [0.25, 0.3) is 5.91 Å². The van der Waals surface area contributed by atoms with E-state index in [9.17, 15) is 9.18 Å². The average molecular weight is 483 g/mol. The van der Waals surface area contributed by atoms with Gasteiger partial charge in [0, 0.05) is 60.9 Å². The first kappa shape index (κ1) is 22.4. The summed E-state index contributed by atoms with van der Waals surface area (Å²) in [4.78, 5) is 24.0. The number of imidazole rings is 1. The predicted octanol–water partition coefficient (Wildman–Crippen LogP) is 4.41. The summed E-state index contributed by atoms with van der Waals surface area (Å²) in [5, 5.41) is 0.939. The van der Waals surface area contributed by atoms with Gasteiger partial charge in [-0.25, -0.2) is 9.37 Å². The van der Waals surface area contributed by atoms with Crippen LogP contribution in [0.1, 0.15) is 34.5 Å². The molecular formula is C28H27FN6O. The van der Waals surface area contributed by atoms with Gasteiger partial charge in [0.15, 0.2) is 0 Å². The van der Waals surface area contributed by atoms with E-state index >= 15 is 0 Å². The van der Waals surface area contributed by atoms with Crippen molar-refractivity contribution in [3.63, 3.8) is 0 Å². The van der Waals surface area contributed by atoms with Crippen molar-refractivity contribution in [3.05, 3.63) is 89.8 Å². The molecule has 1 aliphatic heterocycles. The Hall–Kier alpha value is -4.04. The zero-order chi connectivity index (χ0) is 24.8. The Morgan fingerprint density at radius 2 is 1.97 bits per heavy atom. The summed E-state index contributed by atoms with van der Waals surface area (Å²) in [6.07, 6.45) is 7.28. The molecule has 0 bridgehead atoms. The number of hydrogen-bond donors (Lipinski definition) is 1. The Labute approximate surface area is 208 Å². The Bertz CT molecular complexity index is 1590. The summed E-state index contributed by atoms with van der Waals surface area (Å²) in [6, 6.07) is 14.5. The number of nitrogens with two attached hydrogens (primary N) is 1. The van der Waals surface area contributed by atoms with Crippen LogP contribution >= 0.6 is 0 Å². The lowest BCUT2D eigenvalue weighted by atomic mass is 10.1. The SMILES string of the molecule is Cc1c(-c2cc3ccc(F)cc3n2Cc2ccncc2)nc2cc(C(=O)N3CCC[C@@H](N)C3)ccn12. The van der Waals surface area contributed by atoms with Gasteiger partial charge >= 0.3 is 0 Å². The fourth-order valence-corrected chi connectivity index (χ4v) is 5.18. The molecule has 1 saturated heterocycles. The van der Waals surface area contributed by atoms with Gasteiger partial charge in [-0.1, -0.05) is 0 Å². The van der Waals surface area contributed by atoms with E-state index in [1.54, 1.807) is 24.5 Å². The molecule has 182 valence electrons. The molecule has 1 aromatic carbocycles. The maximum Gasteiger partial charge on any atom is 0.254 e. The molecule has 36 heavy (non-hydrogen) atoms. The summed E-state index contributed by atoms with van der Waals surface area (Å²) in [7, 11) is 0. The smallest absolute Gasteiger partial charge is 0.254 e. The van der Waals surface area contributed by atoms with Crippen LogP contribution in [0.3, 0.4) is 0 Å². The van der Waals surface area contributed by atoms with E-state index < -0.39 is 0 Å². The maximum atomic E-state index is 14.2. The average Bonchev–Trinajstić information content (AvgIpc) is 3.40. The number of amides is 1. The van der Waals surface area contributed by atoms with Crippen molar-refractivity contribution in [1.82, 2.24) is 23.8 Å². The fourth-order valence-electron chi connectivity index (χ4n) is 5.18. The highest BCUT2D eigenvalue weighted by Gasteiger charge is 2.24. The van der Waals surface area contributed by atoms with E-state index in [1.807, 2.05) is 52.8 Å². The number of aryl methyl sites for hydroxylation is 1. The second kappa shape index (κ2) is 8.87. The van der Waals surface area contributed by atoms with Crippen LogP contribution in [0.4, 0.5) is 4.39 Å². The highest BCUT2D eigenvalue weighted by molar-refractivity contribution is 5.95. The van der Waals surface area contributed by atoms with Gasteiger partial charge in [-0.2, -0.15) is 0 Å². The van der Waals surface area contributed by atoms with E-state index in [-0.39, 0.29) is 17.8 Å². The van der Waals surface area contributed by atoms with Crippen LogP contribution in [0.5, 0.6) is 0 Å². The van der Waals surface area contributed by atoms with Crippen molar-refractivity contribution in [3.8, 4) is 11.4 Å². The minimum absolute atomic E-state index is 0.0165. The highest BCUT2D eigenvalue weighted by Crippen LogP contribution is 2.32. The molecule has 0 spiro atoms. The summed E-state index contributed by atoms with van der Waals surface area (Å²) < 4.78 is 18.3. The van der Waals surface area contributed by atoms with Crippen LogP contribution < -0.4 is 5.73 Å². The first-order chi connectivity index (χ1) is 17.5. The van der Waals surface area contributed by atoms with E-state index in [4.69, 9.17) is 10.7 Å². The zero-order valence-electron chi connectivity index (χ0n) is 20.1. The number of piperidine rings is 1. The molecule has 6 rings (SSSR count). The van der Waals surface area contributed by atoms with E-state index in [0.29, 0.717) is 24.3 Å². The van der Waals surface area contributed by atoms with Crippen molar-refractivity contribution < 1.29 is 9.18 Å². The Morgan fingerprint density at radius 1 is 1.14 bits per heavy atom. The molecule has 0 saturated carbocycles. The molecule has 5 heterocycles. The number of pyridine rings is 2. The number of nitrogens with zero attached hydrogens (tertiary/aromatic N) is 5. The molecule has 0 aliphatic carbocycles. The van der Waals surface area contributed by atoms with Crippen LogP contribution in [0.15, 0.2) is 67.1 Å². The number of benzene rings is 1. The second-order valence-corrected chi connectivity index (χ2v) is 9.52. The van der Waals surface area contributed by atoms with Crippen LogP contribution in [0.25, 0.3) is 27.9 Å². The van der Waals surface area contributed by atoms with Gasteiger partial charge < -0.3 is 19.6 Å². The van der Waals surface area contributed by atoms with Gasteiger partial charge in [-0.05, 0) is 73.9 Å². The standard InChI is InChI=1S/C28H27FN6O/c1-18-27(32-26-14-21(8-12-34(18)26)28(36)33-11-2-3-23(30)17-33)25-13-20-4-5-22(29)15-24(20)35(25)16-19-6-9-31-10-7-19/h4-10,12-15,23H,2-3,11,16-17,30H2,1H3/t23-/m1/s1. The van der Waals surface area contributed by atoms with Gasteiger partial charge in [-0.15, -0.1) is 0 Å². The fraction of sp³-hybridized carbons (Fsp3) is 0.250. The van der Waals surface area contributed by atoms with E-state index in [2.05, 4.69) is 9.55 Å². The molecular weight excluding hydrogens is 455 g/mol. The third-order valence-electron chi connectivity index (χ3n) is 7.06. The molecule has 8 heteroatoms. The molecule has 1 aliphatic rings. The monoisotopic (exact) mass is 482 g/mol. The predicted molar refractivity (Wildman–Crippen MR) is 137 cm³/mol. The van der Waals surface area contributed by atoms with Crippen LogP contribution in [-0.2, 0) is 6.54 Å². The number of carbonyl (C=O) groups is 1. The lowest BCUT2D eigenvalue weighted by molar-refractivity contribution is 0.0709. The zero-order valence-corrected chi connectivity index (χ0v) is 20.1. The molecule has 4 aromatic heterocycles. The van der Waals surface area contributed by atoms with Gasteiger partial charge in [0.2, 0.25) is 0 Å². The molecule has 0 unspecified atom stereocenters. The number of hydrogen-bond acceptors (Lipinski definition) is 4. The molecule has 2 N–H and O–H groups in total. The summed E-state index contributed by atoms with van der Waals surface area (Å²) in [5.41, 5.74) is 11.9. The number of rotatable bonds is 4. The Balaban J connectivity index is 1.44. The summed E-state index contributed by atoms with van der Waals surface area (Å²) in [5.74, 6) is -0.299. The molecule has 0 radical (unpaired) electrons. The number of fused-ring (bicyclic) bond motifs is 2. The van der Waals surface area contributed by atoms with Gasteiger partial charge in [0.05, 0.1) is 11.2 Å². The largest absolute Gasteiger partial charge is 0.337 e. The number of likely N-dealkylation sites (tertiary alicyclic amines) is 1. The second-order valence-electron chi connectivity index (χ2n) is 9.52. The first-order valence-electron chi connectivity index (χ1n) is 12.2. The van der Waals surface area contributed by atoms with E-state index in [0.717, 1.165) is 52.9 Å². The minimum Gasteiger partial charge on any atom is -0.337 e. The number of aromatic nitrogens is 4. The number of carbonyl (C=O) groups excluding carboxylic acids is 1. The normalized spacial score (nSPS) is 16.2. The Morgan fingerprint density at radius 3 is 2.78 bits per heavy atom. The van der Waals surface area contributed by atoms with Crippen molar-refractivity contribution in [2.45, 2.75) is 32.4 Å². The van der Waals surface area contributed by atoms with Crippen molar-refractivity contribution in [1.29, 1.82) is 0 Å². The summed E-state index contributed by atoms with van der Waals surface area (Å²) >= 11 is 0. The van der Waals surface area contributed by atoms with Crippen LogP contribution in [-0.4, -0.2) is 48.9 Å². The van der Waals surface area contributed by atoms with Gasteiger partial charge in [-0.3, -0.25) is 9.78 Å². The molecule has 5 aromatic rings. The van der Waals surface area contributed by atoms with Crippen molar-refractivity contribution in [2.24, 2.45) is 5.73 Å². The van der Waals surface area contributed by atoms with Gasteiger partial charge in [0.1, 0.15) is 17.2 Å². The first-order valence-corrected chi connectivity index (χ1v) is 12.2. The third kappa shape index (κ3) is 3.93. The van der Waals surface area contributed by atoms with Crippen LogP contribution in [0.2, 0.25) is 0 Å². The number of halogens is 1. The molecule has 1 atom stereocenters. The lowest BCUT2D eigenvalue weighted by Crippen LogP contribution is -2.45. The Kier molecular flexibility index (Phi) is 5.53. The molecule has 1 amide bonds. The lowest BCUT2D eigenvalue weighted by Gasteiger charge is -2.30. The topological polar surface area (TPSA) is 81.5 Å². The van der Waals surface area contributed by atoms with Crippen molar-refractivity contribution in [2.75, 3.05) is 13.1 Å².